The van der Waals surface area contributed by atoms with E-state index in [1.165, 1.54) is 18.2 Å². The van der Waals surface area contributed by atoms with E-state index in [1.807, 2.05) is 6.07 Å². The lowest BCUT2D eigenvalue weighted by atomic mass is 9.93. The Bertz CT molecular complexity index is 2910. The van der Waals surface area contributed by atoms with Gasteiger partial charge >= 0.3 is 0 Å². The predicted octanol–water partition coefficient (Wildman–Crippen LogP) is 4.12. The largest absolute Gasteiger partial charge is 0.490 e. The Kier molecular flexibility index (Phi) is 9.07. The normalized spacial score (nSPS) is 12.5. The molecule has 0 unspecified atom stereocenters. The van der Waals surface area contributed by atoms with Crippen LogP contribution in [0.25, 0.3) is 55.0 Å². The lowest BCUT2D eigenvalue weighted by molar-refractivity contribution is 0.0927. The maximum absolute atomic E-state index is 12.5. The van der Waals surface area contributed by atoms with Crippen LogP contribution in [0.2, 0.25) is 0 Å². The Morgan fingerprint density at radius 2 is 1.23 bits per heavy atom. The molecule has 4 aromatic carbocycles. The molecule has 0 spiro atoms. The van der Waals surface area contributed by atoms with Crippen LogP contribution < -0.4 is 4.74 Å². The van der Waals surface area contributed by atoms with Gasteiger partial charge in [0.15, 0.2) is 0 Å². The summed E-state index contributed by atoms with van der Waals surface area (Å²) < 4.78 is 117. The van der Waals surface area contributed by atoms with E-state index in [4.69, 9.17) is 15.9 Å². The highest BCUT2D eigenvalue weighted by Crippen LogP contribution is 2.45. The second kappa shape index (κ2) is 13.4. The molecule has 0 saturated heterocycles. The van der Waals surface area contributed by atoms with E-state index < -0.39 is 45.0 Å². The summed E-state index contributed by atoms with van der Waals surface area (Å²) in [5, 5.41) is 8.05. The fraction of sp³-hybridized carbons (Fsp3) is 0.118. The van der Waals surface area contributed by atoms with Gasteiger partial charge in [-0.2, -0.15) is 25.3 Å². The Morgan fingerprint density at radius 3 is 1.85 bits per heavy atom. The third-order valence-corrected chi connectivity index (χ3v) is 11.0. The van der Waals surface area contributed by atoms with E-state index in [2.05, 4.69) is 26.2 Å². The minimum Gasteiger partial charge on any atom is -0.490 e. The van der Waals surface area contributed by atoms with Gasteiger partial charge in [0.1, 0.15) is 32.7 Å². The Balaban J connectivity index is 1.10. The van der Waals surface area contributed by atoms with Gasteiger partial charge in [0.2, 0.25) is 0 Å². The maximum atomic E-state index is 12.5. The van der Waals surface area contributed by atoms with Crippen LogP contribution in [0.1, 0.15) is 5.56 Å². The molecule has 3 aromatic heterocycles. The summed E-state index contributed by atoms with van der Waals surface area (Å²) in [7, 11) is -15.0. The number of ether oxygens (including phenoxy) is 2. The molecule has 0 aliphatic carbocycles. The van der Waals surface area contributed by atoms with E-state index in [1.54, 1.807) is 41.5 Å². The lowest BCUT2D eigenvalue weighted by Crippen LogP contribution is -2.12. The van der Waals surface area contributed by atoms with Crippen LogP contribution in [0.4, 0.5) is 0 Å². The molecular formula is C34H25N5O11S3. The minimum atomic E-state index is -5.04. The topological polar surface area (TPSA) is 238 Å². The van der Waals surface area contributed by atoms with Crippen molar-refractivity contribution in [1.82, 2.24) is 25.0 Å². The fourth-order valence-corrected chi connectivity index (χ4v) is 8.23. The molecular weight excluding hydrogens is 751 g/mol. The van der Waals surface area contributed by atoms with E-state index in [0.29, 0.717) is 35.3 Å². The van der Waals surface area contributed by atoms with E-state index in [9.17, 15) is 38.9 Å². The number of rotatable bonds is 12. The molecule has 0 amide bonds. The average molecular weight is 776 g/mol. The molecule has 7 aromatic rings. The van der Waals surface area contributed by atoms with Gasteiger partial charge in [0.05, 0.1) is 37.3 Å². The first-order chi connectivity index (χ1) is 25.1. The molecule has 3 N–H and O–H groups in total. The highest BCUT2D eigenvalue weighted by atomic mass is 32.2. The second-order valence-corrected chi connectivity index (χ2v) is 15.7. The van der Waals surface area contributed by atoms with Gasteiger partial charge < -0.3 is 9.47 Å². The summed E-state index contributed by atoms with van der Waals surface area (Å²) in [4.78, 5) is 6.42. The number of nitrogens with zero attached hydrogens (tertiary/aromatic N) is 5. The Morgan fingerprint density at radius 1 is 0.660 bits per heavy atom. The van der Waals surface area contributed by atoms with Crippen molar-refractivity contribution in [2.45, 2.75) is 21.2 Å². The first-order valence-corrected chi connectivity index (χ1v) is 19.7. The molecule has 0 aliphatic rings. The van der Waals surface area contributed by atoms with Crippen molar-refractivity contribution in [3.8, 4) is 40.7 Å². The molecule has 53 heavy (non-hydrogen) atoms. The van der Waals surface area contributed by atoms with Crippen molar-refractivity contribution in [3.05, 3.63) is 84.8 Å². The number of hydrogen-bond acceptors (Lipinski definition) is 12. The quantitative estimate of drug-likeness (QED) is 0.0685. The molecule has 16 nitrogen and oxygen atoms in total. The molecule has 0 aliphatic heterocycles. The van der Waals surface area contributed by atoms with E-state index in [-0.39, 0.29) is 57.9 Å². The average Bonchev–Trinajstić information content (AvgIpc) is 3.59. The van der Waals surface area contributed by atoms with Crippen LogP contribution in [0.15, 0.2) is 93.9 Å². The molecule has 7 rings (SSSR count). The summed E-state index contributed by atoms with van der Waals surface area (Å²) in [6.07, 6.45) is 10.5. The van der Waals surface area contributed by atoms with E-state index >= 15 is 0 Å². The number of benzene rings is 4. The van der Waals surface area contributed by atoms with Gasteiger partial charge in [-0.3, -0.25) is 23.6 Å². The van der Waals surface area contributed by atoms with Crippen LogP contribution in [0.3, 0.4) is 0 Å². The maximum Gasteiger partial charge on any atom is 0.295 e. The van der Waals surface area contributed by atoms with Gasteiger partial charge in [0.25, 0.3) is 30.4 Å². The summed E-state index contributed by atoms with van der Waals surface area (Å²) in [6.45, 7) is 0.400. The Hall–Kier alpha value is -5.59. The van der Waals surface area contributed by atoms with Crippen LogP contribution in [0.5, 0.6) is 5.75 Å². The summed E-state index contributed by atoms with van der Waals surface area (Å²) in [5.74, 6) is 2.51. The van der Waals surface area contributed by atoms with Gasteiger partial charge in [-0.05, 0) is 36.4 Å². The van der Waals surface area contributed by atoms with Crippen LogP contribution in [-0.4, -0.2) is 83.7 Å². The fourth-order valence-electron chi connectivity index (χ4n) is 6.03. The molecule has 3 heterocycles. The van der Waals surface area contributed by atoms with Crippen molar-refractivity contribution < 1.29 is 48.4 Å². The smallest absolute Gasteiger partial charge is 0.295 e. The molecule has 0 saturated carbocycles. The van der Waals surface area contributed by atoms with Crippen LogP contribution in [-0.2, 0) is 41.6 Å². The minimum absolute atomic E-state index is 0.00194. The first kappa shape index (κ1) is 35.8. The molecule has 0 bridgehead atoms. The highest BCUT2D eigenvalue weighted by Gasteiger charge is 2.28. The van der Waals surface area contributed by atoms with E-state index in [0.717, 1.165) is 17.7 Å². The Labute approximate surface area is 301 Å². The molecule has 270 valence electrons. The first-order valence-electron chi connectivity index (χ1n) is 15.3. The van der Waals surface area contributed by atoms with Gasteiger partial charge in [-0.15, -0.1) is 11.5 Å². The summed E-state index contributed by atoms with van der Waals surface area (Å²) in [5.41, 5.74) is 3.23. The van der Waals surface area contributed by atoms with Crippen LogP contribution >= 0.6 is 0 Å². The lowest BCUT2D eigenvalue weighted by Gasteiger charge is -2.19. The van der Waals surface area contributed by atoms with Crippen molar-refractivity contribution in [1.29, 1.82) is 0 Å². The third-order valence-electron chi connectivity index (χ3n) is 8.31. The van der Waals surface area contributed by atoms with Crippen molar-refractivity contribution in [3.63, 3.8) is 0 Å². The second-order valence-electron chi connectivity index (χ2n) is 11.6. The van der Waals surface area contributed by atoms with Gasteiger partial charge in [0, 0.05) is 61.9 Å². The monoisotopic (exact) mass is 775 g/mol. The predicted molar refractivity (Wildman–Crippen MR) is 190 cm³/mol. The zero-order valence-electron chi connectivity index (χ0n) is 27.0. The number of aromatic nitrogens is 5. The summed E-state index contributed by atoms with van der Waals surface area (Å²) >= 11 is 0. The van der Waals surface area contributed by atoms with Gasteiger partial charge in [-0.1, -0.05) is 29.3 Å². The zero-order chi connectivity index (χ0) is 37.7. The molecule has 0 radical (unpaired) electrons. The molecule has 0 fully saturated rings. The zero-order valence-corrected chi connectivity index (χ0v) is 29.4. The third kappa shape index (κ3) is 6.99. The van der Waals surface area contributed by atoms with Crippen LogP contribution in [0, 0.1) is 12.3 Å². The summed E-state index contributed by atoms with van der Waals surface area (Å²) in [6, 6.07) is 13.8. The van der Waals surface area contributed by atoms with Crippen molar-refractivity contribution >= 4 is 62.7 Å². The standard InChI is InChI=1S/C34H25N5O11S3/c1-2-20-7-9-35-26(15-20)27-16-21(8-10-36-27)28-19-39(38-37-28)11-12-49-13-14-50-29-17-30(51(40,41)42)23-5-6-25-32(53(46,47)48)18-31(52(43,44)45)24-4-3-22(29)33(23)34(24)25/h1,3-10,15-19H,11-14H2,(H,40,41,42)(H,43,44,45)(H,46,47,48). The SMILES string of the molecule is C#Cc1ccnc(-c2cc(-c3cn(CCOCCOc4cc(S(=O)(=O)O)c5ccc6c(S(=O)(=O)O)cc(S(=O)(=O)O)c7ccc4c5c76)nn3)ccn2)c1. The molecule has 0 atom stereocenters. The molecule has 19 heteroatoms. The van der Waals surface area contributed by atoms with Gasteiger partial charge in [-0.25, -0.2) is 4.68 Å². The number of hydrogen-bond donors (Lipinski definition) is 3. The van der Waals surface area contributed by atoms with Crippen molar-refractivity contribution in [2.24, 2.45) is 0 Å². The number of pyridine rings is 2. The van der Waals surface area contributed by atoms with Crippen molar-refractivity contribution in [2.75, 3.05) is 19.8 Å². The highest BCUT2D eigenvalue weighted by molar-refractivity contribution is 7.87. The number of terminal acetylenes is 1.